The molecule has 3 nitrogen and oxygen atoms in total. The number of hydrogen-bond acceptors (Lipinski definition) is 2. The minimum atomic E-state index is -0.650. The molecule has 74 valence electrons. The van der Waals surface area contributed by atoms with E-state index in [0.717, 1.165) is 13.2 Å². The van der Waals surface area contributed by atoms with Gasteiger partial charge in [-0.2, -0.15) is 0 Å². The Morgan fingerprint density at radius 3 is 2.15 bits per heavy atom. The number of carboxylic acid groups (broad SMARTS) is 1. The van der Waals surface area contributed by atoms with Crippen molar-refractivity contribution >= 4 is 5.97 Å². The lowest BCUT2D eigenvalue weighted by Gasteiger charge is -2.39. The fraction of sp³-hybridized carbons (Fsp3) is 0.900. The van der Waals surface area contributed by atoms with Crippen LogP contribution in [0.5, 0.6) is 0 Å². The number of ether oxygens (including phenoxy) is 1. The second kappa shape index (κ2) is 2.27. The summed E-state index contributed by atoms with van der Waals surface area (Å²) in [5.41, 5.74) is 0.0803. The van der Waals surface area contributed by atoms with Gasteiger partial charge >= 0.3 is 5.97 Å². The van der Waals surface area contributed by atoms with Crippen molar-refractivity contribution < 1.29 is 14.6 Å². The summed E-state index contributed by atoms with van der Waals surface area (Å²) >= 11 is 0. The molecule has 1 saturated carbocycles. The molecule has 0 aromatic heterocycles. The summed E-state index contributed by atoms with van der Waals surface area (Å²) in [7, 11) is 0. The van der Waals surface area contributed by atoms with E-state index in [1.807, 2.05) is 13.8 Å². The Balaban J connectivity index is 2.15. The summed E-state index contributed by atoms with van der Waals surface area (Å²) in [5, 5.41) is 9.00. The molecule has 1 aliphatic carbocycles. The van der Waals surface area contributed by atoms with E-state index >= 15 is 0 Å². The van der Waals surface area contributed by atoms with Gasteiger partial charge in [0, 0.05) is 5.41 Å². The Morgan fingerprint density at radius 1 is 1.38 bits per heavy atom. The van der Waals surface area contributed by atoms with Gasteiger partial charge in [-0.05, 0) is 11.3 Å². The van der Waals surface area contributed by atoms with Crippen molar-refractivity contribution in [1.29, 1.82) is 0 Å². The molecule has 0 unspecified atom stereocenters. The fourth-order valence-corrected chi connectivity index (χ4v) is 3.00. The van der Waals surface area contributed by atoms with Crippen molar-refractivity contribution in [3.05, 3.63) is 0 Å². The molecular formula is C10H16O3. The summed E-state index contributed by atoms with van der Waals surface area (Å²) in [6.07, 6.45) is 0. The lowest BCUT2D eigenvalue weighted by molar-refractivity contribution is -0.143. The molecule has 3 heteroatoms. The summed E-state index contributed by atoms with van der Waals surface area (Å²) in [6, 6.07) is 0. The zero-order valence-corrected chi connectivity index (χ0v) is 8.33. The predicted molar refractivity (Wildman–Crippen MR) is 47.3 cm³/mol. The minimum absolute atomic E-state index is 0.0373. The van der Waals surface area contributed by atoms with Crippen LogP contribution in [0.1, 0.15) is 20.8 Å². The maximum Gasteiger partial charge on any atom is 0.307 e. The largest absolute Gasteiger partial charge is 0.481 e. The van der Waals surface area contributed by atoms with Crippen molar-refractivity contribution in [2.45, 2.75) is 20.8 Å². The highest BCUT2D eigenvalue weighted by molar-refractivity contribution is 5.75. The predicted octanol–water partition coefficient (Wildman–Crippen LogP) is 1.38. The summed E-state index contributed by atoms with van der Waals surface area (Å²) in [4.78, 5) is 10.9. The van der Waals surface area contributed by atoms with E-state index in [2.05, 4.69) is 6.92 Å². The number of rotatable bonds is 2. The topological polar surface area (TPSA) is 46.5 Å². The average Bonchev–Trinajstić information content (AvgIpc) is 2.49. The number of carboxylic acids is 1. The maximum atomic E-state index is 10.9. The number of aliphatic carboxylic acids is 1. The summed E-state index contributed by atoms with van der Waals surface area (Å²) in [5.74, 6) is -0.518. The van der Waals surface area contributed by atoms with E-state index in [1.54, 1.807) is 0 Å². The molecule has 0 aromatic carbocycles. The van der Waals surface area contributed by atoms with E-state index < -0.39 is 5.97 Å². The van der Waals surface area contributed by atoms with Crippen LogP contribution in [-0.2, 0) is 9.53 Å². The van der Waals surface area contributed by atoms with Crippen molar-refractivity contribution in [2.75, 3.05) is 13.2 Å². The first-order chi connectivity index (χ1) is 5.89. The van der Waals surface area contributed by atoms with Crippen LogP contribution in [0.4, 0.5) is 0 Å². The highest BCUT2D eigenvalue weighted by Gasteiger charge is 2.69. The molecule has 0 amide bonds. The Bertz CT molecular complexity index is 253. The molecule has 0 spiro atoms. The van der Waals surface area contributed by atoms with E-state index in [9.17, 15) is 4.79 Å². The van der Waals surface area contributed by atoms with Crippen LogP contribution in [0.3, 0.4) is 0 Å². The number of hydrogen-bond donors (Lipinski definition) is 1. The van der Waals surface area contributed by atoms with Gasteiger partial charge in [-0.1, -0.05) is 20.8 Å². The van der Waals surface area contributed by atoms with Gasteiger partial charge in [0.1, 0.15) is 0 Å². The van der Waals surface area contributed by atoms with Gasteiger partial charge in [-0.25, -0.2) is 0 Å². The molecule has 1 saturated heterocycles. The zero-order valence-electron chi connectivity index (χ0n) is 8.33. The first-order valence-electron chi connectivity index (χ1n) is 4.70. The molecule has 13 heavy (non-hydrogen) atoms. The third-order valence-corrected chi connectivity index (χ3v) is 3.71. The van der Waals surface area contributed by atoms with E-state index in [1.165, 1.54) is 0 Å². The third kappa shape index (κ3) is 1.03. The van der Waals surface area contributed by atoms with E-state index in [4.69, 9.17) is 9.84 Å². The molecular weight excluding hydrogens is 168 g/mol. The van der Waals surface area contributed by atoms with Crippen molar-refractivity contribution in [1.82, 2.24) is 0 Å². The average molecular weight is 184 g/mol. The lowest BCUT2D eigenvalue weighted by Crippen LogP contribution is -2.43. The highest BCUT2D eigenvalue weighted by Crippen LogP contribution is 2.67. The fourth-order valence-electron chi connectivity index (χ4n) is 3.00. The lowest BCUT2D eigenvalue weighted by atomic mass is 9.79. The van der Waals surface area contributed by atoms with Crippen molar-refractivity contribution in [3.8, 4) is 0 Å². The second-order valence-corrected chi connectivity index (χ2v) is 5.26. The van der Waals surface area contributed by atoms with Crippen LogP contribution in [0, 0.1) is 22.7 Å². The monoisotopic (exact) mass is 184 g/mol. The molecule has 1 N–H and O–H groups in total. The molecule has 2 aliphatic rings. The highest BCUT2D eigenvalue weighted by atomic mass is 16.5. The third-order valence-electron chi connectivity index (χ3n) is 3.71. The standard InChI is InChI=1S/C10H16O3/c1-9(2)6(8(11)12)7(9)10(3)4-13-5-10/h6-7H,4-5H2,1-3H3,(H,11,12)/t6-,7+/m0/s1. The molecule has 2 atom stereocenters. The van der Waals surface area contributed by atoms with Crippen molar-refractivity contribution in [2.24, 2.45) is 22.7 Å². The van der Waals surface area contributed by atoms with Gasteiger partial charge in [0.15, 0.2) is 0 Å². The molecule has 2 rings (SSSR count). The first kappa shape index (κ1) is 9.00. The van der Waals surface area contributed by atoms with Crippen LogP contribution in [0.15, 0.2) is 0 Å². The van der Waals surface area contributed by atoms with Gasteiger partial charge in [0.2, 0.25) is 0 Å². The van der Waals surface area contributed by atoms with Crippen LogP contribution in [-0.4, -0.2) is 24.3 Å². The van der Waals surface area contributed by atoms with E-state index in [-0.39, 0.29) is 16.7 Å². The summed E-state index contributed by atoms with van der Waals surface area (Å²) in [6.45, 7) is 7.67. The molecule has 0 bridgehead atoms. The van der Waals surface area contributed by atoms with E-state index in [0.29, 0.717) is 5.92 Å². The molecule has 1 heterocycles. The Labute approximate surface area is 78.1 Å². The van der Waals surface area contributed by atoms with Gasteiger partial charge in [-0.3, -0.25) is 4.79 Å². The smallest absolute Gasteiger partial charge is 0.307 e. The quantitative estimate of drug-likeness (QED) is 0.705. The Hall–Kier alpha value is -0.570. The molecule has 0 radical (unpaired) electrons. The van der Waals surface area contributed by atoms with Crippen LogP contribution in [0.25, 0.3) is 0 Å². The maximum absolute atomic E-state index is 10.9. The van der Waals surface area contributed by atoms with Gasteiger partial charge in [0.05, 0.1) is 19.1 Å². The summed E-state index contributed by atoms with van der Waals surface area (Å²) < 4.78 is 5.17. The SMILES string of the molecule is CC1([C@@H]2[C@@H](C(=O)O)C2(C)C)COC1. The Kier molecular flexibility index (Phi) is 1.57. The molecule has 2 fully saturated rings. The normalized spacial score (nSPS) is 39.3. The number of carbonyl (C=O) groups is 1. The second-order valence-electron chi connectivity index (χ2n) is 5.26. The van der Waals surface area contributed by atoms with Crippen LogP contribution in [0.2, 0.25) is 0 Å². The van der Waals surface area contributed by atoms with Gasteiger partial charge in [-0.15, -0.1) is 0 Å². The van der Waals surface area contributed by atoms with Gasteiger partial charge in [0.25, 0.3) is 0 Å². The zero-order chi connectivity index (χ0) is 9.85. The minimum Gasteiger partial charge on any atom is -0.481 e. The van der Waals surface area contributed by atoms with Crippen molar-refractivity contribution in [3.63, 3.8) is 0 Å². The first-order valence-corrected chi connectivity index (χ1v) is 4.70. The van der Waals surface area contributed by atoms with Crippen LogP contribution < -0.4 is 0 Å². The molecule has 1 aliphatic heterocycles. The Morgan fingerprint density at radius 2 is 1.92 bits per heavy atom. The van der Waals surface area contributed by atoms with Gasteiger partial charge < -0.3 is 9.84 Å². The van der Waals surface area contributed by atoms with Crippen LogP contribution >= 0.6 is 0 Å². The molecule has 0 aromatic rings.